The average Bonchev–Trinajstić information content (AvgIpc) is 3.04. The number of hydrogen-bond donors (Lipinski definition) is 2. The Bertz CT molecular complexity index is 676. The number of benzene rings is 1. The minimum Gasteiger partial charge on any atom is -0.396 e. The molecule has 6 heteroatoms. The topological polar surface area (TPSA) is 65.5 Å². The van der Waals surface area contributed by atoms with Crippen molar-refractivity contribution < 1.29 is 9.90 Å². The van der Waals surface area contributed by atoms with Gasteiger partial charge in [0.05, 0.1) is 12.2 Å². The number of anilines is 1. The zero-order valence-corrected chi connectivity index (χ0v) is 14.7. The molecule has 2 N–H and O–H groups in total. The molecule has 0 spiro atoms. The van der Waals surface area contributed by atoms with E-state index < -0.39 is 0 Å². The number of nitrogens with zero attached hydrogens (tertiary/aromatic N) is 2. The van der Waals surface area contributed by atoms with Gasteiger partial charge in [-0.1, -0.05) is 29.8 Å². The lowest BCUT2D eigenvalue weighted by Crippen LogP contribution is -2.39. The van der Waals surface area contributed by atoms with Gasteiger partial charge in [-0.3, -0.25) is 9.69 Å². The number of carbonyl (C=O) groups is 1. The summed E-state index contributed by atoms with van der Waals surface area (Å²) in [5, 5.41) is 14.7. The molecule has 0 radical (unpaired) electrons. The molecular formula is C18H23N3O2S. The van der Waals surface area contributed by atoms with Crippen LogP contribution in [0, 0.1) is 12.8 Å². The normalized spacial score (nSPS) is 16.2. The summed E-state index contributed by atoms with van der Waals surface area (Å²) in [5.74, 6) is 0.364. The molecule has 1 aromatic carbocycles. The van der Waals surface area contributed by atoms with Gasteiger partial charge in [-0.25, -0.2) is 4.98 Å². The van der Waals surface area contributed by atoms with Crippen molar-refractivity contribution in [2.24, 2.45) is 5.92 Å². The predicted octanol–water partition coefficient (Wildman–Crippen LogP) is 2.76. The van der Waals surface area contributed by atoms with Gasteiger partial charge in [0.25, 0.3) is 0 Å². The van der Waals surface area contributed by atoms with Crippen LogP contribution in [0.5, 0.6) is 0 Å². The molecule has 0 atom stereocenters. The van der Waals surface area contributed by atoms with E-state index in [9.17, 15) is 4.79 Å². The number of aryl methyl sites for hydroxylation is 1. The van der Waals surface area contributed by atoms with E-state index in [1.54, 1.807) is 0 Å². The zero-order valence-electron chi connectivity index (χ0n) is 13.9. The number of hydrogen-bond acceptors (Lipinski definition) is 5. The molecule has 0 aliphatic carbocycles. The zero-order chi connectivity index (χ0) is 16.9. The average molecular weight is 345 g/mol. The second kappa shape index (κ2) is 7.88. The fourth-order valence-corrected chi connectivity index (χ4v) is 3.61. The molecule has 1 aromatic heterocycles. The molecule has 1 saturated heterocycles. The van der Waals surface area contributed by atoms with E-state index in [0.717, 1.165) is 37.2 Å². The molecule has 24 heavy (non-hydrogen) atoms. The molecule has 1 fully saturated rings. The number of aromatic nitrogens is 1. The summed E-state index contributed by atoms with van der Waals surface area (Å²) in [6, 6.07) is 8.20. The highest BCUT2D eigenvalue weighted by atomic mass is 32.1. The summed E-state index contributed by atoms with van der Waals surface area (Å²) >= 11 is 1.45. The van der Waals surface area contributed by atoms with E-state index in [1.807, 2.05) is 17.5 Å². The molecule has 128 valence electrons. The van der Waals surface area contributed by atoms with Crippen molar-refractivity contribution in [2.45, 2.75) is 19.8 Å². The standard InChI is InChI=1S/C18H23N3O2S/c1-13-2-4-15(5-3-13)16-12-24-18(19-16)20-17(23)10-21-8-6-14(11-22)7-9-21/h2-5,12,14,22H,6-11H2,1H3,(H,19,20,23). The van der Waals surface area contributed by atoms with Crippen LogP contribution >= 0.6 is 11.3 Å². The number of piperidine rings is 1. The van der Waals surface area contributed by atoms with E-state index in [4.69, 9.17) is 5.11 Å². The van der Waals surface area contributed by atoms with Gasteiger partial charge in [0.1, 0.15) is 0 Å². The molecule has 1 aliphatic heterocycles. The first-order chi connectivity index (χ1) is 11.6. The number of aliphatic hydroxyl groups is 1. The first-order valence-electron chi connectivity index (χ1n) is 8.29. The van der Waals surface area contributed by atoms with Crippen molar-refractivity contribution in [3.63, 3.8) is 0 Å². The summed E-state index contributed by atoms with van der Waals surface area (Å²) < 4.78 is 0. The van der Waals surface area contributed by atoms with E-state index >= 15 is 0 Å². The minimum atomic E-state index is -0.0257. The number of aliphatic hydroxyl groups excluding tert-OH is 1. The summed E-state index contributed by atoms with van der Waals surface area (Å²) in [4.78, 5) is 18.8. The first-order valence-corrected chi connectivity index (χ1v) is 9.17. The van der Waals surface area contributed by atoms with Gasteiger partial charge < -0.3 is 10.4 Å². The molecule has 1 aliphatic rings. The van der Waals surface area contributed by atoms with Gasteiger partial charge in [0.2, 0.25) is 5.91 Å². The van der Waals surface area contributed by atoms with Crippen LogP contribution in [-0.4, -0.2) is 47.1 Å². The smallest absolute Gasteiger partial charge is 0.240 e. The lowest BCUT2D eigenvalue weighted by atomic mass is 9.98. The van der Waals surface area contributed by atoms with Crippen molar-refractivity contribution in [2.75, 3.05) is 31.6 Å². The van der Waals surface area contributed by atoms with Crippen molar-refractivity contribution >= 4 is 22.4 Å². The van der Waals surface area contributed by atoms with Gasteiger partial charge >= 0.3 is 0 Å². The van der Waals surface area contributed by atoms with Crippen LogP contribution in [0.3, 0.4) is 0 Å². The van der Waals surface area contributed by atoms with Crippen LogP contribution in [0.15, 0.2) is 29.6 Å². The number of amides is 1. The summed E-state index contributed by atoms with van der Waals surface area (Å²) in [6.07, 6.45) is 1.91. The number of likely N-dealkylation sites (tertiary alicyclic amines) is 1. The number of thiazole rings is 1. The van der Waals surface area contributed by atoms with Crippen LogP contribution in [0.1, 0.15) is 18.4 Å². The fourth-order valence-electron chi connectivity index (χ4n) is 2.88. The van der Waals surface area contributed by atoms with E-state index in [2.05, 4.69) is 34.3 Å². The minimum absolute atomic E-state index is 0.0257. The monoisotopic (exact) mass is 345 g/mol. The van der Waals surface area contributed by atoms with Crippen molar-refractivity contribution in [3.05, 3.63) is 35.2 Å². The Hall–Kier alpha value is -1.76. The summed E-state index contributed by atoms with van der Waals surface area (Å²) in [6.45, 7) is 4.43. The summed E-state index contributed by atoms with van der Waals surface area (Å²) in [7, 11) is 0. The molecule has 0 unspecified atom stereocenters. The molecular weight excluding hydrogens is 322 g/mol. The highest BCUT2D eigenvalue weighted by Gasteiger charge is 2.20. The second-order valence-electron chi connectivity index (χ2n) is 6.35. The Kier molecular flexibility index (Phi) is 5.60. The summed E-state index contributed by atoms with van der Waals surface area (Å²) in [5.41, 5.74) is 3.16. The number of rotatable bonds is 5. The largest absolute Gasteiger partial charge is 0.396 e. The molecule has 2 aromatic rings. The predicted molar refractivity (Wildman–Crippen MR) is 97.2 cm³/mol. The van der Waals surface area contributed by atoms with Gasteiger partial charge in [-0.05, 0) is 38.8 Å². The van der Waals surface area contributed by atoms with Crippen molar-refractivity contribution in [1.29, 1.82) is 0 Å². The Labute approximate surface area is 146 Å². The molecule has 1 amide bonds. The molecule has 0 bridgehead atoms. The van der Waals surface area contributed by atoms with Gasteiger partial charge in [0.15, 0.2) is 5.13 Å². The Morgan fingerprint density at radius 1 is 1.33 bits per heavy atom. The SMILES string of the molecule is Cc1ccc(-c2csc(NC(=O)CN3CCC(CO)CC3)n2)cc1. The molecule has 2 heterocycles. The second-order valence-corrected chi connectivity index (χ2v) is 7.21. The maximum Gasteiger partial charge on any atom is 0.240 e. The van der Waals surface area contributed by atoms with Crippen LogP contribution < -0.4 is 5.32 Å². The third-order valence-corrected chi connectivity index (χ3v) is 5.19. The van der Waals surface area contributed by atoms with Gasteiger partial charge in [0, 0.05) is 17.6 Å². The van der Waals surface area contributed by atoms with Crippen LogP contribution in [-0.2, 0) is 4.79 Å². The molecule has 3 rings (SSSR count). The maximum atomic E-state index is 12.2. The van der Waals surface area contributed by atoms with E-state index in [1.165, 1.54) is 16.9 Å². The number of nitrogens with one attached hydrogen (secondary N) is 1. The first kappa shape index (κ1) is 17.1. The number of carbonyl (C=O) groups excluding carboxylic acids is 1. The van der Waals surface area contributed by atoms with Crippen LogP contribution in [0.25, 0.3) is 11.3 Å². The quantitative estimate of drug-likeness (QED) is 0.874. The lowest BCUT2D eigenvalue weighted by Gasteiger charge is -2.30. The Balaban J connectivity index is 1.53. The maximum absolute atomic E-state index is 12.2. The highest BCUT2D eigenvalue weighted by Crippen LogP contribution is 2.25. The van der Waals surface area contributed by atoms with Crippen molar-refractivity contribution in [1.82, 2.24) is 9.88 Å². The van der Waals surface area contributed by atoms with E-state index in [-0.39, 0.29) is 12.5 Å². The van der Waals surface area contributed by atoms with E-state index in [0.29, 0.717) is 17.6 Å². The van der Waals surface area contributed by atoms with Crippen LogP contribution in [0.4, 0.5) is 5.13 Å². The van der Waals surface area contributed by atoms with Crippen molar-refractivity contribution in [3.8, 4) is 11.3 Å². The highest BCUT2D eigenvalue weighted by molar-refractivity contribution is 7.14. The third kappa shape index (κ3) is 4.41. The molecule has 0 saturated carbocycles. The Morgan fingerprint density at radius 2 is 2.04 bits per heavy atom. The van der Waals surface area contributed by atoms with Gasteiger partial charge in [-0.2, -0.15) is 0 Å². The lowest BCUT2D eigenvalue weighted by molar-refractivity contribution is -0.117. The van der Waals surface area contributed by atoms with Crippen LogP contribution in [0.2, 0.25) is 0 Å². The van der Waals surface area contributed by atoms with Gasteiger partial charge in [-0.15, -0.1) is 11.3 Å². The Morgan fingerprint density at radius 3 is 2.71 bits per heavy atom. The third-order valence-electron chi connectivity index (χ3n) is 4.43. The fraction of sp³-hybridized carbons (Fsp3) is 0.444. The molecule has 5 nitrogen and oxygen atoms in total.